The standard InChI is InChI=1S/C7H12N2/c1-2-7-4-3-6(8)5-9-7/h5,7-8H,2-4H2,1H3. The summed E-state index contributed by atoms with van der Waals surface area (Å²) in [6, 6.07) is 0.499. The molecule has 2 nitrogen and oxygen atoms in total. The fourth-order valence-electron chi connectivity index (χ4n) is 0.966. The molecule has 1 rings (SSSR count). The lowest BCUT2D eigenvalue weighted by molar-refractivity contribution is 0.608. The minimum Gasteiger partial charge on any atom is -0.304 e. The Balaban J connectivity index is 2.48. The van der Waals surface area contributed by atoms with Crippen LogP contribution in [0.4, 0.5) is 0 Å². The number of hydrogen-bond acceptors (Lipinski definition) is 2. The number of aliphatic imine (C=N–C) groups is 1. The molecule has 1 N–H and O–H groups in total. The van der Waals surface area contributed by atoms with Gasteiger partial charge in [0.15, 0.2) is 0 Å². The summed E-state index contributed by atoms with van der Waals surface area (Å²) >= 11 is 0. The zero-order chi connectivity index (χ0) is 6.69. The normalized spacial score (nSPS) is 26.8. The molecule has 0 aliphatic carbocycles. The molecule has 2 heteroatoms. The highest BCUT2D eigenvalue weighted by Crippen LogP contribution is 2.09. The van der Waals surface area contributed by atoms with E-state index in [0.717, 1.165) is 19.3 Å². The largest absolute Gasteiger partial charge is 0.304 e. The van der Waals surface area contributed by atoms with E-state index >= 15 is 0 Å². The molecule has 0 saturated carbocycles. The second-order valence-electron chi connectivity index (χ2n) is 2.40. The van der Waals surface area contributed by atoms with Gasteiger partial charge in [-0.05, 0) is 19.3 Å². The van der Waals surface area contributed by atoms with Crippen molar-refractivity contribution in [1.29, 1.82) is 5.41 Å². The van der Waals surface area contributed by atoms with Crippen molar-refractivity contribution in [3.8, 4) is 0 Å². The highest BCUT2D eigenvalue weighted by atomic mass is 14.8. The average Bonchev–Trinajstić information content (AvgIpc) is 1.90. The lowest BCUT2D eigenvalue weighted by Crippen LogP contribution is -2.14. The van der Waals surface area contributed by atoms with Crippen LogP contribution in [0.2, 0.25) is 0 Å². The van der Waals surface area contributed by atoms with Gasteiger partial charge < -0.3 is 5.41 Å². The molecule has 0 radical (unpaired) electrons. The number of nitrogens with zero attached hydrogens (tertiary/aromatic N) is 1. The van der Waals surface area contributed by atoms with Crippen LogP contribution in [-0.2, 0) is 0 Å². The lowest BCUT2D eigenvalue weighted by Gasteiger charge is -2.12. The molecule has 0 spiro atoms. The van der Waals surface area contributed by atoms with E-state index in [2.05, 4.69) is 11.9 Å². The van der Waals surface area contributed by atoms with Crippen LogP contribution in [0, 0.1) is 5.41 Å². The van der Waals surface area contributed by atoms with E-state index in [0.29, 0.717) is 11.8 Å². The van der Waals surface area contributed by atoms with E-state index in [-0.39, 0.29) is 0 Å². The van der Waals surface area contributed by atoms with Crippen molar-refractivity contribution in [3.63, 3.8) is 0 Å². The van der Waals surface area contributed by atoms with Gasteiger partial charge in [-0.25, -0.2) is 0 Å². The Morgan fingerprint density at radius 3 is 3.11 bits per heavy atom. The lowest BCUT2D eigenvalue weighted by atomic mass is 10.0. The predicted octanol–water partition coefficient (Wildman–Crippen LogP) is 1.65. The van der Waals surface area contributed by atoms with Gasteiger partial charge in [-0.15, -0.1) is 0 Å². The first-order valence-electron chi connectivity index (χ1n) is 3.43. The van der Waals surface area contributed by atoms with Crippen molar-refractivity contribution in [2.45, 2.75) is 32.2 Å². The summed E-state index contributed by atoms with van der Waals surface area (Å²) in [5.41, 5.74) is 0.680. The smallest absolute Gasteiger partial charge is 0.0501 e. The topological polar surface area (TPSA) is 36.2 Å². The molecular formula is C7H12N2. The van der Waals surface area contributed by atoms with Crippen LogP contribution < -0.4 is 0 Å². The molecule has 0 saturated heterocycles. The summed E-state index contributed by atoms with van der Waals surface area (Å²) < 4.78 is 0. The molecule has 50 valence electrons. The number of nitrogens with one attached hydrogen (secondary N) is 1. The highest BCUT2D eigenvalue weighted by Gasteiger charge is 2.08. The maximum absolute atomic E-state index is 7.20. The van der Waals surface area contributed by atoms with E-state index in [4.69, 9.17) is 5.41 Å². The summed E-state index contributed by atoms with van der Waals surface area (Å²) in [6.07, 6.45) is 4.80. The third-order valence-electron chi connectivity index (χ3n) is 1.66. The first kappa shape index (κ1) is 6.46. The Morgan fingerprint density at radius 2 is 2.67 bits per heavy atom. The SMILES string of the molecule is CCC1CCC(=N)C=N1. The van der Waals surface area contributed by atoms with Crippen LogP contribution >= 0.6 is 0 Å². The van der Waals surface area contributed by atoms with Crippen LogP contribution in [0.3, 0.4) is 0 Å². The molecule has 1 aliphatic rings. The zero-order valence-electron chi connectivity index (χ0n) is 5.72. The molecule has 0 amide bonds. The van der Waals surface area contributed by atoms with Gasteiger partial charge in [-0.2, -0.15) is 0 Å². The first-order chi connectivity index (χ1) is 4.33. The van der Waals surface area contributed by atoms with E-state index < -0.39 is 0 Å². The fraction of sp³-hybridized carbons (Fsp3) is 0.714. The maximum atomic E-state index is 7.20. The highest BCUT2D eigenvalue weighted by molar-refractivity contribution is 6.29. The third-order valence-corrected chi connectivity index (χ3v) is 1.66. The molecule has 1 unspecified atom stereocenters. The Morgan fingerprint density at radius 1 is 1.89 bits per heavy atom. The van der Waals surface area contributed by atoms with Gasteiger partial charge in [0.05, 0.1) is 6.04 Å². The monoisotopic (exact) mass is 124 g/mol. The number of rotatable bonds is 1. The van der Waals surface area contributed by atoms with Crippen molar-refractivity contribution in [1.82, 2.24) is 0 Å². The van der Waals surface area contributed by atoms with Crippen LogP contribution in [0.15, 0.2) is 4.99 Å². The van der Waals surface area contributed by atoms with Crippen molar-refractivity contribution < 1.29 is 0 Å². The van der Waals surface area contributed by atoms with Gasteiger partial charge in [-0.1, -0.05) is 6.92 Å². The molecule has 1 atom stereocenters. The summed E-state index contributed by atoms with van der Waals surface area (Å²) in [7, 11) is 0. The quantitative estimate of drug-likeness (QED) is 0.551. The predicted molar refractivity (Wildman–Crippen MR) is 39.5 cm³/mol. The van der Waals surface area contributed by atoms with Crippen LogP contribution in [-0.4, -0.2) is 18.0 Å². The molecule has 0 aromatic heterocycles. The molecule has 0 bridgehead atoms. The summed E-state index contributed by atoms with van der Waals surface area (Å²) in [4.78, 5) is 4.18. The van der Waals surface area contributed by atoms with Crippen LogP contribution in [0.25, 0.3) is 0 Å². The number of hydrogen-bond donors (Lipinski definition) is 1. The Kier molecular flexibility index (Phi) is 1.98. The van der Waals surface area contributed by atoms with Gasteiger partial charge in [0, 0.05) is 11.9 Å². The molecule has 9 heavy (non-hydrogen) atoms. The molecular weight excluding hydrogens is 112 g/mol. The maximum Gasteiger partial charge on any atom is 0.0501 e. The molecule has 0 aromatic carbocycles. The van der Waals surface area contributed by atoms with E-state index in [1.54, 1.807) is 6.21 Å². The average molecular weight is 124 g/mol. The van der Waals surface area contributed by atoms with E-state index in [1.807, 2.05) is 0 Å². The first-order valence-corrected chi connectivity index (χ1v) is 3.43. The van der Waals surface area contributed by atoms with Crippen LogP contribution in [0.1, 0.15) is 26.2 Å². The van der Waals surface area contributed by atoms with Crippen molar-refractivity contribution in [2.24, 2.45) is 4.99 Å². The van der Waals surface area contributed by atoms with Crippen molar-refractivity contribution in [2.75, 3.05) is 0 Å². The zero-order valence-corrected chi connectivity index (χ0v) is 5.72. The second kappa shape index (κ2) is 2.76. The Bertz CT molecular complexity index is 138. The summed E-state index contributed by atoms with van der Waals surface area (Å²) in [6.45, 7) is 2.14. The second-order valence-corrected chi connectivity index (χ2v) is 2.40. The summed E-state index contributed by atoms with van der Waals surface area (Å²) in [5, 5.41) is 7.20. The Labute approximate surface area is 55.5 Å². The minimum atomic E-state index is 0.499. The van der Waals surface area contributed by atoms with Gasteiger partial charge in [-0.3, -0.25) is 4.99 Å². The minimum absolute atomic E-state index is 0.499. The van der Waals surface area contributed by atoms with Crippen LogP contribution in [0.5, 0.6) is 0 Å². The van der Waals surface area contributed by atoms with Gasteiger partial charge in [0.25, 0.3) is 0 Å². The Hall–Kier alpha value is -0.660. The van der Waals surface area contributed by atoms with Gasteiger partial charge in [0.2, 0.25) is 0 Å². The molecule has 1 heterocycles. The molecule has 0 fully saturated rings. The van der Waals surface area contributed by atoms with E-state index in [1.165, 1.54) is 0 Å². The van der Waals surface area contributed by atoms with Crippen molar-refractivity contribution >= 4 is 11.9 Å². The van der Waals surface area contributed by atoms with Crippen molar-refractivity contribution in [3.05, 3.63) is 0 Å². The van der Waals surface area contributed by atoms with E-state index in [9.17, 15) is 0 Å². The molecule has 1 aliphatic heterocycles. The summed E-state index contributed by atoms with van der Waals surface area (Å²) in [5.74, 6) is 0. The molecule has 0 aromatic rings. The third kappa shape index (κ3) is 1.63. The van der Waals surface area contributed by atoms with Gasteiger partial charge >= 0.3 is 0 Å². The van der Waals surface area contributed by atoms with Gasteiger partial charge in [0.1, 0.15) is 0 Å². The fourth-order valence-corrected chi connectivity index (χ4v) is 0.966.